The molecule has 1 N–H and O–H groups in total. The van der Waals surface area contributed by atoms with Crippen LogP contribution >= 0.6 is 11.6 Å². The number of rotatable bonds is 6. The molecular formula is C16H24ClNO3. The number of carboxylic acids is 1. The number of carbonyl (C=O) groups is 1. The molecule has 5 heteroatoms. The van der Waals surface area contributed by atoms with Gasteiger partial charge in [-0.3, -0.25) is 9.69 Å². The summed E-state index contributed by atoms with van der Waals surface area (Å²) >= 11 is 6.48. The Morgan fingerprint density at radius 1 is 1.43 bits per heavy atom. The number of aliphatic carboxylic acids is 1. The van der Waals surface area contributed by atoms with Crippen molar-refractivity contribution in [2.75, 3.05) is 27.2 Å². The molecule has 0 saturated carbocycles. The molecule has 1 atom stereocenters. The molecule has 0 amide bonds. The van der Waals surface area contributed by atoms with Crippen molar-refractivity contribution in [3.63, 3.8) is 0 Å². The highest BCUT2D eigenvalue weighted by molar-refractivity contribution is 6.21. The third-order valence-electron chi connectivity index (χ3n) is 3.31. The van der Waals surface area contributed by atoms with E-state index in [1.54, 1.807) is 19.1 Å². The van der Waals surface area contributed by atoms with E-state index in [0.717, 1.165) is 11.3 Å². The fourth-order valence-electron chi connectivity index (χ4n) is 2.11. The first-order valence-corrected chi connectivity index (χ1v) is 7.31. The van der Waals surface area contributed by atoms with Gasteiger partial charge < -0.3 is 9.84 Å². The number of likely N-dealkylation sites (N-methyl/N-ethyl adjacent to an activating group) is 1. The summed E-state index contributed by atoms with van der Waals surface area (Å²) in [7, 11) is 3.35. The quantitative estimate of drug-likeness (QED) is 0.819. The molecule has 118 valence electrons. The smallest absolute Gasteiger partial charge is 0.317 e. The zero-order chi connectivity index (χ0) is 16.2. The van der Waals surface area contributed by atoms with Gasteiger partial charge in [-0.2, -0.15) is 0 Å². The zero-order valence-corrected chi connectivity index (χ0v) is 14.1. The lowest BCUT2D eigenvalue weighted by molar-refractivity contribution is -0.137. The second-order valence-corrected chi connectivity index (χ2v) is 6.79. The molecule has 0 aromatic heterocycles. The van der Waals surface area contributed by atoms with Crippen LogP contribution in [0.3, 0.4) is 0 Å². The first kappa shape index (κ1) is 17.8. The summed E-state index contributed by atoms with van der Waals surface area (Å²) in [5, 5.41) is 8.48. The summed E-state index contributed by atoms with van der Waals surface area (Å²) in [6.07, 6.45) is 0. The number of ether oxygens (including phenoxy) is 1. The largest absolute Gasteiger partial charge is 0.496 e. The Bertz CT molecular complexity index is 497. The number of carboxylic acid groups (broad SMARTS) is 1. The number of hydrogen-bond donors (Lipinski definition) is 1. The molecule has 0 aliphatic carbocycles. The maximum Gasteiger partial charge on any atom is 0.317 e. The Balaban J connectivity index is 3.00. The van der Waals surface area contributed by atoms with E-state index in [1.165, 1.54) is 5.56 Å². The van der Waals surface area contributed by atoms with Gasteiger partial charge in [-0.1, -0.05) is 32.9 Å². The molecule has 1 aromatic carbocycles. The van der Waals surface area contributed by atoms with Crippen molar-refractivity contribution in [2.45, 2.75) is 31.6 Å². The number of nitrogens with zero attached hydrogens (tertiary/aromatic N) is 1. The summed E-state index contributed by atoms with van der Waals surface area (Å²) in [6, 6.07) is 6.00. The molecule has 1 rings (SSSR count). The van der Waals surface area contributed by atoms with Gasteiger partial charge in [0.1, 0.15) is 5.75 Å². The van der Waals surface area contributed by atoms with Gasteiger partial charge in [-0.15, -0.1) is 11.6 Å². The van der Waals surface area contributed by atoms with E-state index < -0.39 is 5.97 Å². The van der Waals surface area contributed by atoms with Crippen LogP contribution < -0.4 is 4.74 Å². The number of halogens is 1. The van der Waals surface area contributed by atoms with Gasteiger partial charge in [0.05, 0.1) is 19.0 Å². The Morgan fingerprint density at radius 3 is 2.52 bits per heavy atom. The van der Waals surface area contributed by atoms with Crippen LogP contribution in [0.4, 0.5) is 0 Å². The molecule has 0 heterocycles. The average molecular weight is 314 g/mol. The van der Waals surface area contributed by atoms with Crippen LogP contribution in [-0.4, -0.2) is 43.2 Å². The van der Waals surface area contributed by atoms with Crippen molar-refractivity contribution in [1.29, 1.82) is 0 Å². The highest BCUT2D eigenvalue weighted by atomic mass is 35.5. The normalized spacial score (nSPS) is 13.3. The van der Waals surface area contributed by atoms with E-state index in [1.807, 2.05) is 18.2 Å². The van der Waals surface area contributed by atoms with Crippen molar-refractivity contribution in [3.05, 3.63) is 29.3 Å². The summed E-state index contributed by atoms with van der Waals surface area (Å²) in [4.78, 5) is 12.4. The summed E-state index contributed by atoms with van der Waals surface area (Å²) in [6.45, 7) is 6.82. The third-order valence-corrected chi connectivity index (χ3v) is 3.68. The van der Waals surface area contributed by atoms with Crippen LogP contribution in [0.1, 0.15) is 37.3 Å². The number of alkyl halides is 1. The van der Waals surface area contributed by atoms with Crippen LogP contribution in [0.25, 0.3) is 0 Å². The SMILES string of the molecule is COc1ccc(C(C)(C)C)cc1C(Cl)CN(C)CC(=O)O. The molecule has 0 spiro atoms. The van der Waals surface area contributed by atoms with Crippen molar-refractivity contribution < 1.29 is 14.6 Å². The van der Waals surface area contributed by atoms with Gasteiger partial charge in [-0.05, 0) is 24.1 Å². The van der Waals surface area contributed by atoms with Gasteiger partial charge in [0.2, 0.25) is 0 Å². The molecule has 0 saturated heterocycles. The second-order valence-electron chi connectivity index (χ2n) is 6.26. The van der Waals surface area contributed by atoms with E-state index >= 15 is 0 Å². The topological polar surface area (TPSA) is 49.8 Å². The standard InChI is InChI=1S/C16H24ClNO3/c1-16(2,3)11-6-7-14(21-5)12(8-11)13(17)9-18(4)10-15(19)20/h6-8,13H,9-10H2,1-5H3,(H,19,20). The van der Waals surface area contributed by atoms with Gasteiger partial charge in [0.15, 0.2) is 0 Å². The molecule has 0 fully saturated rings. The third kappa shape index (κ3) is 5.21. The lowest BCUT2D eigenvalue weighted by Gasteiger charge is -2.24. The number of benzene rings is 1. The van der Waals surface area contributed by atoms with Gasteiger partial charge in [-0.25, -0.2) is 0 Å². The maximum atomic E-state index is 10.7. The monoisotopic (exact) mass is 313 g/mol. The Kier molecular flexibility index (Phi) is 6.05. The lowest BCUT2D eigenvalue weighted by atomic mass is 9.85. The van der Waals surface area contributed by atoms with Crippen molar-refractivity contribution in [1.82, 2.24) is 4.90 Å². The van der Waals surface area contributed by atoms with Gasteiger partial charge in [0, 0.05) is 12.1 Å². The first-order valence-electron chi connectivity index (χ1n) is 6.88. The van der Waals surface area contributed by atoms with Crippen molar-refractivity contribution in [3.8, 4) is 5.75 Å². The number of methoxy groups -OCH3 is 1. The molecule has 1 aromatic rings. The Labute approximate surface area is 131 Å². The van der Waals surface area contributed by atoms with E-state index in [9.17, 15) is 4.79 Å². The summed E-state index contributed by atoms with van der Waals surface area (Å²) in [5.74, 6) is -0.136. The van der Waals surface area contributed by atoms with Crippen molar-refractivity contribution in [2.24, 2.45) is 0 Å². The average Bonchev–Trinajstić information content (AvgIpc) is 2.35. The summed E-state index contributed by atoms with van der Waals surface area (Å²) < 4.78 is 5.38. The number of hydrogen-bond acceptors (Lipinski definition) is 3. The van der Waals surface area contributed by atoms with E-state index in [0.29, 0.717) is 6.54 Å². The Hall–Kier alpha value is -1.26. The second kappa shape index (κ2) is 7.14. The fraction of sp³-hybridized carbons (Fsp3) is 0.562. The van der Waals surface area contributed by atoms with Crippen LogP contribution in [-0.2, 0) is 10.2 Å². The lowest BCUT2D eigenvalue weighted by Crippen LogP contribution is -2.28. The molecule has 0 aliphatic heterocycles. The summed E-state index contributed by atoms with van der Waals surface area (Å²) in [5.41, 5.74) is 2.08. The Morgan fingerprint density at radius 2 is 2.05 bits per heavy atom. The molecule has 1 unspecified atom stereocenters. The van der Waals surface area contributed by atoms with Crippen LogP contribution in [0.15, 0.2) is 18.2 Å². The molecule has 0 radical (unpaired) electrons. The predicted molar refractivity (Wildman–Crippen MR) is 85.4 cm³/mol. The minimum Gasteiger partial charge on any atom is -0.496 e. The fourth-order valence-corrected chi connectivity index (χ4v) is 2.52. The minimum atomic E-state index is -0.864. The maximum absolute atomic E-state index is 10.7. The predicted octanol–water partition coefficient (Wildman–Crippen LogP) is 3.29. The van der Waals surface area contributed by atoms with Crippen molar-refractivity contribution >= 4 is 17.6 Å². The van der Waals surface area contributed by atoms with E-state index in [2.05, 4.69) is 20.8 Å². The van der Waals surface area contributed by atoms with Crippen LogP contribution in [0.5, 0.6) is 5.75 Å². The molecule has 0 aliphatic rings. The van der Waals surface area contributed by atoms with E-state index in [4.69, 9.17) is 21.4 Å². The zero-order valence-electron chi connectivity index (χ0n) is 13.3. The highest BCUT2D eigenvalue weighted by Crippen LogP contribution is 2.34. The molecular weight excluding hydrogens is 290 g/mol. The minimum absolute atomic E-state index is 0.0184. The first-order chi connectivity index (χ1) is 9.65. The molecule has 21 heavy (non-hydrogen) atoms. The highest BCUT2D eigenvalue weighted by Gasteiger charge is 2.21. The van der Waals surface area contributed by atoms with Gasteiger partial charge >= 0.3 is 5.97 Å². The van der Waals surface area contributed by atoms with E-state index in [-0.39, 0.29) is 17.3 Å². The van der Waals surface area contributed by atoms with Crippen LogP contribution in [0.2, 0.25) is 0 Å². The molecule has 4 nitrogen and oxygen atoms in total. The van der Waals surface area contributed by atoms with Crippen LogP contribution in [0, 0.1) is 0 Å². The molecule has 0 bridgehead atoms. The van der Waals surface area contributed by atoms with Gasteiger partial charge in [0.25, 0.3) is 0 Å².